The molecule has 4 rings (SSSR count). The number of nitrogens with zero attached hydrogens (tertiary/aromatic N) is 1. The number of carbonyl (C=O) groups excluding carboxylic acids is 3. The predicted octanol–water partition coefficient (Wildman–Crippen LogP) is 3.71. The van der Waals surface area contributed by atoms with Crippen molar-refractivity contribution in [3.05, 3.63) is 53.1 Å². The van der Waals surface area contributed by atoms with Crippen LogP contribution in [0.4, 0.5) is 4.39 Å². The number of benzene rings is 1. The van der Waals surface area contributed by atoms with Gasteiger partial charge in [-0.25, -0.2) is 14.2 Å². The lowest BCUT2D eigenvalue weighted by molar-refractivity contribution is -0.154. The Balaban J connectivity index is 1.48. The number of hydrogen-bond acceptors (Lipinski definition) is 7. The summed E-state index contributed by atoms with van der Waals surface area (Å²) in [5, 5.41) is 2.74. The van der Waals surface area contributed by atoms with Gasteiger partial charge >= 0.3 is 11.9 Å². The van der Waals surface area contributed by atoms with Crippen LogP contribution in [0.3, 0.4) is 0 Å². The summed E-state index contributed by atoms with van der Waals surface area (Å²) in [6.07, 6.45) is 3.00. The number of ether oxygens (including phenoxy) is 3. The molecule has 8 nitrogen and oxygen atoms in total. The fraction of sp³-hybridized carbons (Fsp3) is 0.462. The second kappa shape index (κ2) is 9.64. The van der Waals surface area contributed by atoms with Gasteiger partial charge in [-0.3, -0.25) is 9.59 Å². The SMILES string of the molecule is COc1ccnc(C(=O)NC2(C(=O)OC3CCc4cc(F)ccc4C3C)CC2)c1OC(=O)C(C)C. The average Bonchev–Trinajstić information content (AvgIpc) is 3.61. The fourth-order valence-electron chi connectivity index (χ4n) is 4.25. The number of pyridine rings is 1. The van der Waals surface area contributed by atoms with Crippen LogP contribution in [0.2, 0.25) is 0 Å². The molecule has 0 saturated heterocycles. The Labute approximate surface area is 203 Å². The van der Waals surface area contributed by atoms with E-state index in [2.05, 4.69) is 10.3 Å². The van der Waals surface area contributed by atoms with Gasteiger partial charge in [0.05, 0.1) is 13.0 Å². The van der Waals surface area contributed by atoms with Crippen LogP contribution >= 0.6 is 0 Å². The molecular weight excluding hydrogens is 455 g/mol. The summed E-state index contributed by atoms with van der Waals surface area (Å²) in [4.78, 5) is 42.5. The number of esters is 2. The maximum atomic E-state index is 13.6. The average molecular weight is 485 g/mol. The normalized spacial score (nSPS) is 19.9. The molecule has 1 saturated carbocycles. The monoisotopic (exact) mass is 484 g/mol. The molecule has 186 valence electrons. The number of halogens is 1. The standard InChI is InChI=1S/C26H29FN2O6/c1-14(2)24(31)35-22-20(33-4)9-12-28-21(22)23(30)29-26(10-11-26)25(32)34-19-8-5-16-13-17(27)6-7-18(16)15(19)3/h6-7,9,12-15,19H,5,8,10-11H2,1-4H3,(H,29,30). The molecule has 1 aromatic carbocycles. The van der Waals surface area contributed by atoms with Gasteiger partial charge in [0.15, 0.2) is 11.4 Å². The molecule has 1 heterocycles. The van der Waals surface area contributed by atoms with Gasteiger partial charge in [-0.15, -0.1) is 0 Å². The highest BCUT2D eigenvalue weighted by Gasteiger charge is 2.54. The van der Waals surface area contributed by atoms with E-state index in [9.17, 15) is 18.8 Å². The zero-order valence-corrected chi connectivity index (χ0v) is 20.2. The number of methoxy groups -OCH3 is 1. The third-order valence-corrected chi connectivity index (χ3v) is 6.58. The van der Waals surface area contributed by atoms with Crippen molar-refractivity contribution < 1.29 is 33.0 Å². The van der Waals surface area contributed by atoms with Crippen molar-refractivity contribution in [3.63, 3.8) is 0 Å². The van der Waals surface area contributed by atoms with Gasteiger partial charge in [-0.2, -0.15) is 0 Å². The van der Waals surface area contributed by atoms with Gasteiger partial charge in [0, 0.05) is 18.2 Å². The van der Waals surface area contributed by atoms with E-state index in [0.717, 1.165) is 11.1 Å². The minimum absolute atomic E-state index is 0.0971. The van der Waals surface area contributed by atoms with E-state index >= 15 is 0 Å². The van der Waals surface area contributed by atoms with Crippen LogP contribution in [0.5, 0.6) is 11.5 Å². The van der Waals surface area contributed by atoms with Crippen LogP contribution in [-0.4, -0.2) is 41.6 Å². The third kappa shape index (κ3) is 4.99. The number of hydrogen-bond donors (Lipinski definition) is 1. The first-order chi connectivity index (χ1) is 16.6. The minimum atomic E-state index is -1.16. The molecule has 9 heteroatoms. The van der Waals surface area contributed by atoms with Crippen LogP contribution in [0, 0.1) is 11.7 Å². The second-order valence-corrected chi connectivity index (χ2v) is 9.42. The Morgan fingerprint density at radius 3 is 2.60 bits per heavy atom. The van der Waals surface area contributed by atoms with Crippen LogP contribution in [0.1, 0.15) is 67.6 Å². The molecule has 1 amide bonds. The first kappa shape index (κ1) is 24.6. The van der Waals surface area contributed by atoms with Gasteiger partial charge in [0.1, 0.15) is 17.5 Å². The molecule has 1 aromatic heterocycles. The van der Waals surface area contributed by atoms with E-state index in [1.165, 1.54) is 31.5 Å². The summed E-state index contributed by atoms with van der Waals surface area (Å²) in [7, 11) is 1.39. The highest BCUT2D eigenvalue weighted by molar-refractivity contribution is 6.01. The molecule has 2 aromatic rings. The molecule has 2 unspecified atom stereocenters. The van der Waals surface area contributed by atoms with E-state index < -0.39 is 29.3 Å². The van der Waals surface area contributed by atoms with Crippen molar-refractivity contribution in [2.75, 3.05) is 7.11 Å². The molecular formula is C26H29FN2O6. The van der Waals surface area contributed by atoms with E-state index in [1.54, 1.807) is 19.9 Å². The van der Waals surface area contributed by atoms with E-state index in [0.29, 0.717) is 25.7 Å². The summed E-state index contributed by atoms with van der Waals surface area (Å²) >= 11 is 0. The van der Waals surface area contributed by atoms with Crippen molar-refractivity contribution >= 4 is 17.8 Å². The Morgan fingerprint density at radius 1 is 1.20 bits per heavy atom. The van der Waals surface area contributed by atoms with Gasteiger partial charge in [-0.05, 0) is 48.9 Å². The summed E-state index contributed by atoms with van der Waals surface area (Å²) < 4.78 is 30.1. The summed E-state index contributed by atoms with van der Waals surface area (Å²) in [6.45, 7) is 5.28. The molecule has 2 aliphatic carbocycles. The van der Waals surface area contributed by atoms with Crippen molar-refractivity contribution in [1.29, 1.82) is 0 Å². The van der Waals surface area contributed by atoms with Gasteiger partial charge in [-0.1, -0.05) is 26.8 Å². The fourth-order valence-corrected chi connectivity index (χ4v) is 4.25. The molecule has 0 aliphatic heterocycles. The molecule has 0 bridgehead atoms. The van der Waals surface area contributed by atoms with Crippen molar-refractivity contribution in [1.82, 2.24) is 10.3 Å². The number of rotatable bonds is 7. The number of aryl methyl sites for hydroxylation is 1. The zero-order valence-electron chi connectivity index (χ0n) is 20.2. The molecule has 2 aliphatic rings. The molecule has 0 radical (unpaired) electrons. The molecule has 0 spiro atoms. The summed E-state index contributed by atoms with van der Waals surface area (Å²) in [5.41, 5.74) is 0.567. The smallest absolute Gasteiger partial charge is 0.332 e. The number of fused-ring (bicyclic) bond motifs is 1. The lowest BCUT2D eigenvalue weighted by atomic mass is 9.81. The first-order valence-corrected chi connectivity index (χ1v) is 11.7. The van der Waals surface area contributed by atoms with E-state index in [1.807, 2.05) is 6.92 Å². The Hall–Kier alpha value is -3.49. The predicted molar refractivity (Wildman–Crippen MR) is 124 cm³/mol. The summed E-state index contributed by atoms with van der Waals surface area (Å²) in [6, 6.07) is 6.15. The van der Waals surface area contributed by atoms with Crippen molar-refractivity contribution in [3.8, 4) is 11.5 Å². The van der Waals surface area contributed by atoms with E-state index in [-0.39, 0.29) is 35.0 Å². The summed E-state index contributed by atoms with van der Waals surface area (Å²) in [5.74, 6) is -2.46. The van der Waals surface area contributed by atoms with Crippen molar-refractivity contribution in [2.45, 2.75) is 64.0 Å². The van der Waals surface area contributed by atoms with Crippen LogP contribution in [0.25, 0.3) is 0 Å². The van der Waals surface area contributed by atoms with Crippen LogP contribution in [-0.2, 0) is 20.7 Å². The molecule has 35 heavy (non-hydrogen) atoms. The van der Waals surface area contributed by atoms with Crippen molar-refractivity contribution in [2.24, 2.45) is 5.92 Å². The van der Waals surface area contributed by atoms with Crippen LogP contribution in [0.15, 0.2) is 30.5 Å². The number of aromatic nitrogens is 1. The highest BCUT2D eigenvalue weighted by atomic mass is 19.1. The number of amides is 1. The Bertz CT molecular complexity index is 1160. The second-order valence-electron chi connectivity index (χ2n) is 9.42. The van der Waals surface area contributed by atoms with E-state index in [4.69, 9.17) is 14.2 Å². The van der Waals surface area contributed by atoms with Crippen LogP contribution < -0.4 is 14.8 Å². The Kier molecular flexibility index (Phi) is 6.78. The third-order valence-electron chi connectivity index (χ3n) is 6.58. The lowest BCUT2D eigenvalue weighted by Crippen LogP contribution is -2.46. The number of carbonyl (C=O) groups is 3. The maximum absolute atomic E-state index is 13.6. The first-order valence-electron chi connectivity index (χ1n) is 11.7. The van der Waals surface area contributed by atoms with Gasteiger partial charge < -0.3 is 19.5 Å². The number of nitrogens with one attached hydrogen (secondary N) is 1. The minimum Gasteiger partial charge on any atom is -0.493 e. The quantitative estimate of drug-likeness (QED) is 0.598. The Morgan fingerprint density at radius 2 is 1.94 bits per heavy atom. The maximum Gasteiger partial charge on any atom is 0.332 e. The molecule has 2 atom stereocenters. The molecule has 1 N–H and O–H groups in total. The largest absolute Gasteiger partial charge is 0.493 e. The van der Waals surface area contributed by atoms with Gasteiger partial charge in [0.2, 0.25) is 5.75 Å². The topological polar surface area (TPSA) is 104 Å². The lowest BCUT2D eigenvalue weighted by Gasteiger charge is -2.32. The highest BCUT2D eigenvalue weighted by Crippen LogP contribution is 2.41. The van der Waals surface area contributed by atoms with Gasteiger partial charge in [0.25, 0.3) is 5.91 Å². The molecule has 1 fully saturated rings. The zero-order chi connectivity index (χ0) is 25.3.